The van der Waals surface area contributed by atoms with Crippen LogP contribution in [0.1, 0.15) is 11.1 Å². The first-order chi connectivity index (χ1) is 13.2. The molecule has 30 heavy (non-hydrogen) atoms. The second-order valence-corrected chi connectivity index (χ2v) is 8.27. The number of hydrogen-bond acceptors (Lipinski definition) is 0. The van der Waals surface area contributed by atoms with Crippen LogP contribution in [0.4, 0.5) is 0 Å². The van der Waals surface area contributed by atoms with Crippen LogP contribution in [-0.2, 0) is 25.8 Å². The first kappa shape index (κ1) is 26.1. The third-order valence-electron chi connectivity index (χ3n) is 4.80. The minimum atomic E-state index is 0. The summed E-state index contributed by atoms with van der Waals surface area (Å²) in [4.78, 5) is 0. The predicted molar refractivity (Wildman–Crippen MR) is 123 cm³/mol. The predicted octanol–water partition coefficient (Wildman–Crippen LogP) is 0.369. The second-order valence-electron chi connectivity index (χ2n) is 6.94. The van der Waals surface area contributed by atoms with E-state index in [1.807, 2.05) is 0 Å². The summed E-state index contributed by atoms with van der Waals surface area (Å²) in [5.74, 6) is 0. The average Bonchev–Trinajstić information content (AvgIpc) is 3.22. The van der Waals surface area contributed by atoms with Crippen LogP contribution in [0.3, 0.4) is 0 Å². The van der Waals surface area contributed by atoms with Gasteiger partial charge in [-0.05, 0) is 5.30 Å². The van der Waals surface area contributed by atoms with Crippen molar-refractivity contribution < 1.29 is 35.3 Å². The van der Waals surface area contributed by atoms with Crippen molar-refractivity contribution in [3.63, 3.8) is 0 Å². The Labute approximate surface area is 197 Å². The minimum absolute atomic E-state index is 0. The molecular formula is C26H23F2HfP. The molecule has 0 aliphatic carbocycles. The SMILES string of the molecule is Cc1[cH-]c2ccccc2c1Pc1ccccc1.Cc1cc2ccccc2[cH-]1.[F-].[F-].[Hf+4]. The topological polar surface area (TPSA) is 0 Å². The first-order valence-electron chi connectivity index (χ1n) is 9.30. The van der Waals surface area contributed by atoms with Crippen molar-refractivity contribution >= 4 is 40.7 Å². The molecule has 5 aromatic carbocycles. The molecule has 0 spiro atoms. The van der Waals surface area contributed by atoms with Gasteiger partial charge >= 0.3 is 25.8 Å². The summed E-state index contributed by atoms with van der Waals surface area (Å²) in [7, 11) is 0.754. The van der Waals surface area contributed by atoms with Crippen molar-refractivity contribution in [2.45, 2.75) is 13.8 Å². The maximum absolute atomic E-state index is 2.29. The molecule has 0 nitrogen and oxygen atoms in total. The molecule has 0 aromatic heterocycles. The second kappa shape index (κ2) is 12.0. The van der Waals surface area contributed by atoms with Crippen LogP contribution >= 0.6 is 8.58 Å². The Hall–Kier alpha value is -1.96. The van der Waals surface area contributed by atoms with Gasteiger partial charge < -0.3 is 9.41 Å². The van der Waals surface area contributed by atoms with Crippen molar-refractivity contribution in [3.05, 3.63) is 108 Å². The molecule has 1 unspecified atom stereocenters. The van der Waals surface area contributed by atoms with E-state index in [0.29, 0.717) is 0 Å². The van der Waals surface area contributed by atoms with E-state index in [1.165, 1.54) is 43.3 Å². The van der Waals surface area contributed by atoms with E-state index in [9.17, 15) is 0 Å². The van der Waals surface area contributed by atoms with Crippen LogP contribution in [0.25, 0.3) is 21.5 Å². The Morgan fingerprint density at radius 3 is 1.97 bits per heavy atom. The number of hydrogen-bond donors (Lipinski definition) is 0. The summed E-state index contributed by atoms with van der Waals surface area (Å²) in [5, 5.41) is 8.37. The zero-order valence-electron chi connectivity index (χ0n) is 17.0. The Kier molecular flexibility index (Phi) is 10.5. The van der Waals surface area contributed by atoms with Gasteiger partial charge in [0.05, 0.1) is 0 Å². The van der Waals surface area contributed by atoms with E-state index in [1.54, 1.807) is 0 Å². The van der Waals surface area contributed by atoms with Crippen LogP contribution in [0.5, 0.6) is 0 Å². The molecular weight excluding hydrogens is 560 g/mol. The molecule has 5 rings (SSSR count). The van der Waals surface area contributed by atoms with Crippen molar-refractivity contribution in [2.24, 2.45) is 0 Å². The van der Waals surface area contributed by atoms with Crippen molar-refractivity contribution in [1.82, 2.24) is 0 Å². The smallest absolute Gasteiger partial charge is 1.00 e. The van der Waals surface area contributed by atoms with Crippen molar-refractivity contribution in [1.29, 1.82) is 0 Å². The third-order valence-corrected chi connectivity index (χ3v) is 6.34. The molecule has 0 radical (unpaired) electrons. The fourth-order valence-electron chi connectivity index (χ4n) is 3.51. The minimum Gasteiger partial charge on any atom is -1.00 e. The summed E-state index contributed by atoms with van der Waals surface area (Å²) in [6.45, 7) is 4.34. The van der Waals surface area contributed by atoms with Crippen LogP contribution in [0.15, 0.2) is 97.1 Å². The molecule has 1 atom stereocenters. The number of aryl methyl sites for hydroxylation is 2. The molecule has 0 aliphatic rings. The van der Waals surface area contributed by atoms with Crippen molar-refractivity contribution in [3.8, 4) is 0 Å². The average molecular weight is 583 g/mol. The van der Waals surface area contributed by atoms with E-state index in [2.05, 4.69) is 111 Å². The zero-order chi connectivity index (χ0) is 18.6. The summed E-state index contributed by atoms with van der Waals surface area (Å²) in [6.07, 6.45) is 0. The van der Waals surface area contributed by atoms with E-state index in [0.717, 1.165) is 8.58 Å². The van der Waals surface area contributed by atoms with Gasteiger partial charge in [-0.25, -0.2) is 0 Å². The van der Waals surface area contributed by atoms with Gasteiger partial charge in [0, 0.05) is 0 Å². The molecule has 0 heterocycles. The van der Waals surface area contributed by atoms with E-state index in [-0.39, 0.29) is 35.3 Å². The van der Waals surface area contributed by atoms with Crippen LogP contribution < -0.4 is 20.0 Å². The van der Waals surface area contributed by atoms with E-state index < -0.39 is 0 Å². The molecule has 0 N–H and O–H groups in total. The molecule has 5 aromatic rings. The molecule has 4 heteroatoms. The van der Waals surface area contributed by atoms with Gasteiger partial charge in [-0.3, -0.25) is 0 Å². The Morgan fingerprint density at radius 1 is 0.667 bits per heavy atom. The third kappa shape index (κ3) is 6.03. The summed E-state index contributed by atoms with van der Waals surface area (Å²) < 4.78 is 0. The van der Waals surface area contributed by atoms with Crippen molar-refractivity contribution in [2.75, 3.05) is 0 Å². The molecule has 0 saturated carbocycles. The zero-order valence-corrected chi connectivity index (χ0v) is 21.6. The fourth-order valence-corrected chi connectivity index (χ4v) is 4.79. The molecule has 0 bridgehead atoms. The van der Waals surface area contributed by atoms with Crippen LogP contribution in [-0.4, -0.2) is 0 Å². The number of halogens is 2. The summed E-state index contributed by atoms with van der Waals surface area (Å²) in [6, 6.07) is 34.5. The first-order valence-corrected chi connectivity index (χ1v) is 10.3. The van der Waals surface area contributed by atoms with Crippen LogP contribution in [0, 0.1) is 13.8 Å². The number of benzene rings is 3. The monoisotopic (exact) mass is 584 g/mol. The van der Waals surface area contributed by atoms with E-state index >= 15 is 0 Å². The van der Waals surface area contributed by atoms with Gasteiger partial charge in [0.25, 0.3) is 0 Å². The van der Waals surface area contributed by atoms with Gasteiger partial charge in [0.2, 0.25) is 0 Å². The standard InChI is InChI=1S/C16H14P.C10H9.2FH.Hf/c1-12-11-13-7-5-6-10-15(13)16(12)17-14-8-3-2-4-9-14;1-8-6-9-4-2-3-5-10(9)7-8;;;/h2-11,17H,1H3;2-7H,1H3;2*1H;/q2*-1;;;+4/p-2. The quantitative estimate of drug-likeness (QED) is 0.160. The number of fused-ring (bicyclic) bond motifs is 2. The summed E-state index contributed by atoms with van der Waals surface area (Å²) >= 11 is 0. The van der Waals surface area contributed by atoms with Gasteiger partial charge in [-0.2, -0.15) is 6.07 Å². The molecule has 0 amide bonds. The molecule has 0 fully saturated rings. The molecule has 0 aliphatic heterocycles. The van der Waals surface area contributed by atoms with Crippen LogP contribution in [0.2, 0.25) is 0 Å². The van der Waals surface area contributed by atoms with Gasteiger partial charge in [0.1, 0.15) is 0 Å². The fraction of sp³-hybridized carbons (Fsp3) is 0.0769. The van der Waals surface area contributed by atoms with Gasteiger partial charge in [-0.15, -0.1) is 95.1 Å². The van der Waals surface area contributed by atoms with Gasteiger partial charge in [-0.1, -0.05) is 56.3 Å². The van der Waals surface area contributed by atoms with E-state index in [4.69, 9.17) is 0 Å². The number of rotatable bonds is 2. The Morgan fingerprint density at radius 2 is 1.27 bits per heavy atom. The normalized spacial score (nSPS) is 10.1. The summed E-state index contributed by atoms with van der Waals surface area (Å²) in [5.41, 5.74) is 2.76. The van der Waals surface area contributed by atoms with Gasteiger partial charge in [0.15, 0.2) is 0 Å². The Bertz CT molecular complexity index is 1140. The maximum atomic E-state index is 2.29. The largest absolute Gasteiger partial charge is 4.00 e. The molecule has 0 saturated heterocycles. The molecule has 150 valence electrons. The Balaban J connectivity index is 0.000000302. The maximum Gasteiger partial charge on any atom is 4.00 e.